The van der Waals surface area contributed by atoms with Crippen molar-refractivity contribution in [2.75, 3.05) is 19.8 Å². The molecule has 1 heterocycles. The molecule has 0 bridgehead atoms. The molecule has 1 N–H and O–H groups in total. The number of hydrogen-bond acceptors (Lipinski definition) is 9. The van der Waals surface area contributed by atoms with Crippen LogP contribution in [0.3, 0.4) is 0 Å². The van der Waals surface area contributed by atoms with Gasteiger partial charge in [0.1, 0.15) is 17.7 Å². The van der Waals surface area contributed by atoms with E-state index in [-0.39, 0.29) is 25.5 Å². The molecular formula is C25H37N3O8. The minimum absolute atomic E-state index is 0.0502. The maximum absolute atomic E-state index is 13.2. The molecule has 1 fully saturated rings. The number of hydrogen-bond donors (Lipinski definition) is 1. The van der Waals surface area contributed by atoms with E-state index in [0.717, 1.165) is 5.56 Å². The monoisotopic (exact) mass is 507 g/mol. The van der Waals surface area contributed by atoms with E-state index in [0.29, 0.717) is 32.2 Å². The van der Waals surface area contributed by atoms with Gasteiger partial charge in [-0.3, -0.25) is 14.9 Å². The highest BCUT2D eigenvalue weighted by molar-refractivity contribution is 5.88. The first kappa shape index (κ1) is 29.0. The van der Waals surface area contributed by atoms with Crippen molar-refractivity contribution in [1.82, 2.24) is 10.2 Å². The number of likely N-dealkylation sites (tertiary alicyclic amines) is 1. The van der Waals surface area contributed by atoms with Crippen LogP contribution in [0.5, 0.6) is 0 Å². The van der Waals surface area contributed by atoms with Crippen molar-refractivity contribution in [3.8, 4) is 0 Å². The van der Waals surface area contributed by atoms with Gasteiger partial charge >= 0.3 is 11.9 Å². The van der Waals surface area contributed by atoms with E-state index in [1.807, 2.05) is 30.3 Å². The minimum Gasteiger partial charge on any atom is -0.464 e. The molecule has 11 nitrogen and oxygen atoms in total. The summed E-state index contributed by atoms with van der Waals surface area (Å²) < 4.78 is 10.8. The maximum Gasteiger partial charge on any atom is 0.329 e. The van der Waals surface area contributed by atoms with Gasteiger partial charge in [0.2, 0.25) is 5.91 Å². The molecular weight excluding hydrogens is 470 g/mol. The van der Waals surface area contributed by atoms with Crippen LogP contribution < -0.4 is 5.32 Å². The number of carbonyl (C=O) groups is 3. The molecule has 1 amide bonds. The Balaban J connectivity index is 2.01. The smallest absolute Gasteiger partial charge is 0.329 e. The van der Waals surface area contributed by atoms with Crippen LogP contribution >= 0.6 is 0 Å². The third-order valence-corrected chi connectivity index (χ3v) is 5.62. The number of aryl methyl sites for hydroxylation is 1. The molecule has 0 unspecified atom stereocenters. The molecule has 36 heavy (non-hydrogen) atoms. The third-order valence-electron chi connectivity index (χ3n) is 5.62. The van der Waals surface area contributed by atoms with Gasteiger partial charge in [-0.2, -0.15) is 0 Å². The van der Waals surface area contributed by atoms with Gasteiger partial charge in [0.05, 0.1) is 19.3 Å². The maximum atomic E-state index is 13.2. The summed E-state index contributed by atoms with van der Waals surface area (Å²) in [6, 6.07) is 7.41. The summed E-state index contributed by atoms with van der Waals surface area (Å²) in [6.45, 7) is 7.20. The van der Waals surface area contributed by atoms with E-state index in [2.05, 4.69) is 10.2 Å². The molecule has 200 valence electrons. The van der Waals surface area contributed by atoms with Crippen LogP contribution in [0.4, 0.5) is 0 Å². The van der Waals surface area contributed by atoms with E-state index >= 15 is 0 Å². The van der Waals surface area contributed by atoms with Crippen molar-refractivity contribution < 1.29 is 33.8 Å². The van der Waals surface area contributed by atoms with Crippen LogP contribution in [-0.2, 0) is 35.1 Å². The highest BCUT2D eigenvalue weighted by atomic mass is 16.9. The van der Waals surface area contributed by atoms with Crippen molar-refractivity contribution >= 4 is 17.8 Å². The fourth-order valence-corrected chi connectivity index (χ4v) is 3.96. The topological polar surface area (TPSA) is 137 Å². The quantitative estimate of drug-likeness (QED) is 0.185. The normalized spacial score (nSPS) is 17.2. The molecule has 11 heteroatoms. The number of nitrogens with zero attached hydrogens (tertiary/aromatic N) is 2. The lowest BCUT2D eigenvalue weighted by molar-refractivity contribution is -0.757. The number of nitrogens with one attached hydrogen (secondary N) is 1. The standard InChI is InChI=1S/C25H37N3O8/c1-18(22(29)27-15-8-12-21(27)24(31)36-25(2,3)4)26-20(14-13-19-10-6-5-7-11-19)23(30)34-16-9-17-35-28(32)33/h5-7,10-11,18,20-21,26H,8-9,12-17H2,1-4H3/t18-,20-,21-/m0/s1. The Morgan fingerprint density at radius 1 is 1.19 bits per heavy atom. The zero-order valence-corrected chi connectivity index (χ0v) is 21.4. The predicted octanol–water partition coefficient (Wildman–Crippen LogP) is 2.44. The number of carbonyl (C=O) groups excluding carboxylic acids is 3. The van der Waals surface area contributed by atoms with Crippen LogP contribution in [0, 0.1) is 10.1 Å². The highest BCUT2D eigenvalue weighted by Gasteiger charge is 2.39. The molecule has 3 atom stereocenters. The zero-order valence-electron chi connectivity index (χ0n) is 21.4. The average Bonchev–Trinajstić information content (AvgIpc) is 3.30. The van der Waals surface area contributed by atoms with Crippen molar-refractivity contribution in [2.24, 2.45) is 0 Å². The van der Waals surface area contributed by atoms with Gasteiger partial charge in [-0.05, 0) is 58.9 Å². The predicted molar refractivity (Wildman–Crippen MR) is 130 cm³/mol. The molecule has 1 aromatic rings. The minimum atomic E-state index is -0.901. The Kier molecular flexibility index (Phi) is 11.1. The van der Waals surface area contributed by atoms with Crippen LogP contribution in [0.15, 0.2) is 30.3 Å². The van der Waals surface area contributed by atoms with Gasteiger partial charge in [-0.15, -0.1) is 10.1 Å². The first-order valence-corrected chi connectivity index (χ1v) is 12.2. The lowest BCUT2D eigenvalue weighted by Gasteiger charge is -2.30. The average molecular weight is 508 g/mol. The molecule has 0 aliphatic carbocycles. The molecule has 1 aliphatic rings. The van der Waals surface area contributed by atoms with Gasteiger partial charge < -0.3 is 19.2 Å². The van der Waals surface area contributed by atoms with E-state index in [1.165, 1.54) is 4.90 Å². The van der Waals surface area contributed by atoms with E-state index in [9.17, 15) is 24.5 Å². The third kappa shape index (κ3) is 9.80. The number of benzene rings is 1. The van der Waals surface area contributed by atoms with Crippen LogP contribution in [0.25, 0.3) is 0 Å². The molecule has 0 radical (unpaired) electrons. The molecule has 1 aliphatic heterocycles. The summed E-state index contributed by atoms with van der Waals surface area (Å²) in [5.74, 6) is -1.28. The van der Waals surface area contributed by atoms with Crippen LogP contribution in [0.2, 0.25) is 0 Å². The van der Waals surface area contributed by atoms with E-state index in [4.69, 9.17) is 9.47 Å². The van der Waals surface area contributed by atoms with Crippen molar-refractivity contribution in [3.63, 3.8) is 0 Å². The van der Waals surface area contributed by atoms with Crippen LogP contribution in [-0.4, -0.2) is 71.3 Å². The number of amides is 1. The van der Waals surface area contributed by atoms with E-state index < -0.39 is 40.8 Å². The number of ether oxygens (including phenoxy) is 2. The van der Waals surface area contributed by atoms with Crippen molar-refractivity contribution in [2.45, 2.75) is 83.5 Å². The fraction of sp³-hybridized carbons (Fsp3) is 0.640. The van der Waals surface area contributed by atoms with Gasteiger partial charge in [-0.1, -0.05) is 30.3 Å². The Bertz CT molecular complexity index is 887. The summed E-state index contributed by atoms with van der Waals surface area (Å²) in [4.78, 5) is 54.7. The zero-order chi connectivity index (χ0) is 26.7. The molecule has 0 spiro atoms. The molecule has 2 rings (SSSR count). The second-order valence-corrected chi connectivity index (χ2v) is 9.77. The first-order valence-electron chi connectivity index (χ1n) is 12.2. The second-order valence-electron chi connectivity index (χ2n) is 9.77. The summed E-state index contributed by atoms with van der Waals surface area (Å²) in [7, 11) is 0. The first-order chi connectivity index (χ1) is 17.0. The Labute approximate surface area is 211 Å². The highest BCUT2D eigenvalue weighted by Crippen LogP contribution is 2.22. The number of rotatable bonds is 13. The van der Waals surface area contributed by atoms with Gasteiger partial charge in [-0.25, -0.2) is 4.79 Å². The Morgan fingerprint density at radius 3 is 2.53 bits per heavy atom. The lowest BCUT2D eigenvalue weighted by atomic mass is 10.0. The molecule has 0 aromatic heterocycles. The molecule has 1 saturated heterocycles. The fourth-order valence-electron chi connectivity index (χ4n) is 3.96. The van der Waals surface area contributed by atoms with Gasteiger partial charge in [0.15, 0.2) is 0 Å². The van der Waals surface area contributed by atoms with Gasteiger partial charge in [0, 0.05) is 13.0 Å². The van der Waals surface area contributed by atoms with Crippen molar-refractivity contribution in [1.29, 1.82) is 0 Å². The summed E-state index contributed by atoms with van der Waals surface area (Å²) in [5.41, 5.74) is 0.370. The lowest BCUT2D eigenvalue weighted by Crippen LogP contribution is -2.54. The second kappa shape index (κ2) is 13.8. The Hall–Kier alpha value is -3.21. The largest absolute Gasteiger partial charge is 0.464 e. The molecule has 1 aromatic carbocycles. The number of esters is 2. The Morgan fingerprint density at radius 2 is 1.89 bits per heavy atom. The summed E-state index contributed by atoms with van der Waals surface area (Å²) in [5, 5.41) is 12.4. The summed E-state index contributed by atoms with van der Waals surface area (Å²) >= 11 is 0. The van der Waals surface area contributed by atoms with Crippen LogP contribution in [0.1, 0.15) is 58.9 Å². The van der Waals surface area contributed by atoms with E-state index in [1.54, 1.807) is 27.7 Å². The van der Waals surface area contributed by atoms with Crippen molar-refractivity contribution in [3.05, 3.63) is 46.0 Å². The molecule has 0 saturated carbocycles. The van der Waals surface area contributed by atoms with Gasteiger partial charge in [0.25, 0.3) is 5.09 Å². The SMILES string of the molecule is C[C@H](N[C@@H](CCc1ccccc1)C(=O)OCCCO[N+](=O)[O-])C(=O)N1CCC[C@H]1C(=O)OC(C)(C)C. The summed E-state index contributed by atoms with van der Waals surface area (Å²) in [6.07, 6.45) is 2.33.